The zero-order valence-corrected chi connectivity index (χ0v) is 11.8. The summed E-state index contributed by atoms with van der Waals surface area (Å²) in [7, 11) is 1.60. The summed E-state index contributed by atoms with van der Waals surface area (Å²) in [6, 6.07) is 15.6. The highest BCUT2D eigenvalue weighted by Crippen LogP contribution is 2.27. The summed E-state index contributed by atoms with van der Waals surface area (Å²) in [5, 5.41) is 4.97. The molecule has 0 aliphatic rings. The minimum absolute atomic E-state index is 0.585. The molecule has 20 heavy (non-hydrogen) atoms. The van der Waals surface area contributed by atoms with Gasteiger partial charge in [-0.15, -0.1) is 0 Å². The highest BCUT2D eigenvalue weighted by molar-refractivity contribution is 6.32. The fourth-order valence-corrected chi connectivity index (χ4v) is 2.35. The number of anilines is 1. The van der Waals surface area contributed by atoms with Crippen LogP contribution in [0.2, 0.25) is 5.02 Å². The Labute approximate surface area is 122 Å². The second-order valence-electron chi connectivity index (χ2n) is 4.45. The second-order valence-corrected chi connectivity index (χ2v) is 4.86. The summed E-state index contributed by atoms with van der Waals surface area (Å²) in [4.78, 5) is 0. The standard InChI is InChI=1S/C16H14ClNO2/c1-19-16-7-6-12(9-14(16)17)18-10-13-8-11-4-2-3-5-15(11)20-13/h2-9,18H,10H2,1H3. The van der Waals surface area contributed by atoms with Gasteiger partial charge in [-0.25, -0.2) is 0 Å². The van der Waals surface area contributed by atoms with E-state index in [0.29, 0.717) is 17.3 Å². The van der Waals surface area contributed by atoms with E-state index in [1.165, 1.54) is 0 Å². The minimum atomic E-state index is 0.585. The lowest BCUT2D eigenvalue weighted by atomic mass is 10.2. The van der Waals surface area contributed by atoms with E-state index >= 15 is 0 Å². The van der Waals surface area contributed by atoms with E-state index < -0.39 is 0 Å². The molecule has 0 bridgehead atoms. The predicted molar refractivity (Wildman–Crippen MR) is 81.5 cm³/mol. The Hall–Kier alpha value is -2.13. The number of benzene rings is 2. The first-order chi connectivity index (χ1) is 9.76. The highest BCUT2D eigenvalue weighted by Gasteiger charge is 2.04. The maximum atomic E-state index is 6.09. The summed E-state index contributed by atoms with van der Waals surface area (Å²) >= 11 is 6.09. The van der Waals surface area contributed by atoms with Gasteiger partial charge >= 0.3 is 0 Å². The molecule has 0 saturated carbocycles. The molecular weight excluding hydrogens is 274 g/mol. The summed E-state index contributed by atoms with van der Waals surface area (Å²) in [5.41, 5.74) is 1.83. The van der Waals surface area contributed by atoms with Gasteiger partial charge in [0.2, 0.25) is 0 Å². The van der Waals surface area contributed by atoms with Gasteiger partial charge in [0.05, 0.1) is 18.7 Å². The van der Waals surface area contributed by atoms with Gasteiger partial charge in [-0.05, 0) is 30.3 Å². The number of rotatable bonds is 4. The monoisotopic (exact) mass is 287 g/mol. The van der Waals surface area contributed by atoms with Crippen molar-refractivity contribution < 1.29 is 9.15 Å². The Morgan fingerprint density at radius 2 is 2.00 bits per heavy atom. The van der Waals surface area contributed by atoms with Gasteiger partial charge in [-0.1, -0.05) is 29.8 Å². The number of fused-ring (bicyclic) bond motifs is 1. The Balaban J connectivity index is 1.74. The lowest BCUT2D eigenvalue weighted by molar-refractivity contribution is 0.415. The normalized spacial score (nSPS) is 10.7. The largest absolute Gasteiger partial charge is 0.495 e. The number of methoxy groups -OCH3 is 1. The molecule has 2 aromatic carbocycles. The van der Waals surface area contributed by atoms with Crippen molar-refractivity contribution in [3.8, 4) is 5.75 Å². The number of hydrogen-bond donors (Lipinski definition) is 1. The van der Waals surface area contributed by atoms with Gasteiger partial charge in [0, 0.05) is 11.1 Å². The van der Waals surface area contributed by atoms with E-state index in [9.17, 15) is 0 Å². The van der Waals surface area contributed by atoms with Crippen molar-refractivity contribution in [3.05, 3.63) is 59.3 Å². The van der Waals surface area contributed by atoms with Crippen LogP contribution in [0.1, 0.15) is 5.76 Å². The first kappa shape index (κ1) is 12.9. The molecule has 0 amide bonds. The molecule has 1 N–H and O–H groups in total. The van der Waals surface area contributed by atoms with Crippen molar-refractivity contribution in [1.82, 2.24) is 0 Å². The van der Waals surface area contributed by atoms with Crippen LogP contribution in [0.25, 0.3) is 11.0 Å². The second kappa shape index (κ2) is 5.47. The fourth-order valence-electron chi connectivity index (χ4n) is 2.09. The Kier molecular flexibility index (Phi) is 3.52. The van der Waals surface area contributed by atoms with Crippen molar-refractivity contribution in [2.45, 2.75) is 6.54 Å². The fraction of sp³-hybridized carbons (Fsp3) is 0.125. The van der Waals surface area contributed by atoms with Gasteiger partial charge in [-0.3, -0.25) is 0 Å². The average Bonchev–Trinajstić information content (AvgIpc) is 2.88. The average molecular weight is 288 g/mol. The van der Waals surface area contributed by atoms with Gasteiger partial charge in [-0.2, -0.15) is 0 Å². The van der Waals surface area contributed by atoms with Gasteiger partial charge in [0.15, 0.2) is 0 Å². The van der Waals surface area contributed by atoms with Crippen molar-refractivity contribution >= 4 is 28.3 Å². The topological polar surface area (TPSA) is 34.4 Å². The molecule has 0 radical (unpaired) electrons. The quantitative estimate of drug-likeness (QED) is 0.755. The molecule has 0 fully saturated rings. The Bertz CT molecular complexity index is 703. The van der Waals surface area contributed by atoms with E-state index in [4.69, 9.17) is 20.8 Å². The zero-order chi connectivity index (χ0) is 13.9. The first-order valence-corrected chi connectivity index (χ1v) is 6.69. The predicted octanol–water partition coefficient (Wildman–Crippen LogP) is 4.71. The Morgan fingerprint density at radius 3 is 2.75 bits per heavy atom. The molecule has 3 aromatic rings. The first-order valence-electron chi connectivity index (χ1n) is 6.31. The number of para-hydroxylation sites is 1. The van der Waals surface area contributed by atoms with Crippen LogP contribution in [0.4, 0.5) is 5.69 Å². The molecule has 0 spiro atoms. The van der Waals surface area contributed by atoms with Crippen LogP contribution in [0.15, 0.2) is 52.9 Å². The minimum Gasteiger partial charge on any atom is -0.495 e. The number of furan rings is 1. The van der Waals surface area contributed by atoms with Crippen LogP contribution < -0.4 is 10.1 Å². The van der Waals surface area contributed by atoms with E-state index in [2.05, 4.69) is 5.32 Å². The molecule has 0 saturated heterocycles. The molecule has 1 heterocycles. The third-order valence-electron chi connectivity index (χ3n) is 3.10. The van der Waals surface area contributed by atoms with E-state index in [-0.39, 0.29) is 0 Å². The van der Waals surface area contributed by atoms with E-state index in [1.807, 2.05) is 48.5 Å². The van der Waals surface area contributed by atoms with Crippen LogP contribution >= 0.6 is 11.6 Å². The molecular formula is C16H14ClNO2. The molecule has 0 aliphatic heterocycles. The number of nitrogens with one attached hydrogen (secondary N) is 1. The summed E-state index contributed by atoms with van der Waals surface area (Å²) in [6.45, 7) is 0.608. The molecule has 3 rings (SSSR count). The highest BCUT2D eigenvalue weighted by atomic mass is 35.5. The van der Waals surface area contributed by atoms with Crippen molar-refractivity contribution in [3.63, 3.8) is 0 Å². The number of ether oxygens (including phenoxy) is 1. The van der Waals surface area contributed by atoms with Gasteiger partial charge < -0.3 is 14.5 Å². The molecule has 0 unspecified atom stereocenters. The van der Waals surface area contributed by atoms with Crippen LogP contribution in [0.3, 0.4) is 0 Å². The van der Waals surface area contributed by atoms with Crippen LogP contribution in [-0.4, -0.2) is 7.11 Å². The van der Waals surface area contributed by atoms with Crippen LogP contribution in [0, 0.1) is 0 Å². The van der Waals surface area contributed by atoms with Crippen LogP contribution in [0.5, 0.6) is 5.75 Å². The smallest absolute Gasteiger partial charge is 0.137 e. The number of hydrogen-bond acceptors (Lipinski definition) is 3. The molecule has 0 atom stereocenters. The van der Waals surface area contributed by atoms with Crippen molar-refractivity contribution in [2.24, 2.45) is 0 Å². The lowest BCUT2D eigenvalue weighted by Crippen LogP contribution is -1.98. The van der Waals surface area contributed by atoms with E-state index in [1.54, 1.807) is 7.11 Å². The molecule has 1 aromatic heterocycles. The van der Waals surface area contributed by atoms with Crippen molar-refractivity contribution in [1.29, 1.82) is 0 Å². The maximum absolute atomic E-state index is 6.09. The molecule has 4 heteroatoms. The zero-order valence-electron chi connectivity index (χ0n) is 11.0. The summed E-state index contributed by atoms with van der Waals surface area (Å²) in [5.74, 6) is 1.55. The summed E-state index contributed by atoms with van der Waals surface area (Å²) in [6.07, 6.45) is 0. The van der Waals surface area contributed by atoms with Crippen molar-refractivity contribution in [2.75, 3.05) is 12.4 Å². The van der Waals surface area contributed by atoms with Crippen LogP contribution in [-0.2, 0) is 6.54 Å². The van der Waals surface area contributed by atoms with Gasteiger partial charge in [0.25, 0.3) is 0 Å². The molecule has 0 aliphatic carbocycles. The molecule has 3 nitrogen and oxygen atoms in total. The third-order valence-corrected chi connectivity index (χ3v) is 3.39. The summed E-state index contributed by atoms with van der Waals surface area (Å²) < 4.78 is 10.9. The maximum Gasteiger partial charge on any atom is 0.137 e. The SMILES string of the molecule is COc1ccc(NCc2cc3ccccc3o2)cc1Cl. The number of halogens is 1. The Morgan fingerprint density at radius 1 is 1.15 bits per heavy atom. The lowest BCUT2D eigenvalue weighted by Gasteiger charge is -2.07. The van der Waals surface area contributed by atoms with Gasteiger partial charge in [0.1, 0.15) is 17.1 Å². The molecule has 102 valence electrons. The van der Waals surface area contributed by atoms with E-state index in [0.717, 1.165) is 22.4 Å². The third kappa shape index (κ3) is 2.58.